The molecule has 0 amide bonds. The lowest BCUT2D eigenvalue weighted by atomic mass is 10.3. The zero-order valence-electron chi connectivity index (χ0n) is 6.57. The van der Waals surface area contributed by atoms with Crippen LogP contribution in [0.25, 0.3) is 0 Å². The fourth-order valence-corrected chi connectivity index (χ4v) is 1.67. The van der Waals surface area contributed by atoms with Gasteiger partial charge in [0.15, 0.2) is 6.10 Å². The molecule has 1 radical (unpaired) electrons. The van der Waals surface area contributed by atoms with Crippen LogP contribution in [0.5, 0.6) is 5.75 Å². The average Bonchev–Trinajstić information content (AvgIpc) is 2.59. The molecule has 2 rings (SSSR count). The number of hydrogen-bond donors (Lipinski definition) is 0. The Kier molecular flexibility index (Phi) is 2.37. The third kappa shape index (κ3) is 1.83. The number of ether oxygens (including phenoxy) is 1. The second-order valence-electron chi connectivity index (χ2n) is 2.50. The molecule has 0 aliphatic carbocycles. The van der Waals surface area contributed by atoms with Gasteiger partial charge in [0.1, 0.15) is 5.75 Å². The van der Waals surface area contributed by atoms with Gasteiger partial charge in [0.05, 0.1) is 0 Å². The molecule has 0 atom stereocenters. The van der Waals surface area contributed by atoms with Gasteiger partial charge >= 0.3 is 0 Å². The summed E-state index contributed by atoms with van der Waals surface area (Å²) in [6.07, 6.45) is 3.05. The molecular weight excluding hydrogens is 168 g/mol. The van der Waals surface area contributed by atoms with Crippen molar-refractivity contribution >= 4 is 11.8 Å². The van der Waals surface area contributed by atoms with Crippen molar-refractivity contribution in [3.8, 4) is 5.75 Å². The summed E-state index contributed by atoms with van der Waals surface area (Å²) < 4.78 is 5.58. The second kappa shape index (κ2) is 3.68. The van der Waals surface area contributed by atoms with Crippen LogP contribution < -0.4 is 4.74 Å². The molecule has 1 nitrogen and oxygen atoms in total. The van der Waals surface area contributed by atoms with Crippen LogP contribution in [0.15, 0.2) is 41.8 Å². The zero-order valence-corrected chi connectivity index (χ0v) is 7.38. The van der Waals surface area contributed by atoms with Crippen molar-refractivity contribution in [2.75, 3.05) is 5.75 Å². The number of para-hydroxylation sites is 1. The second-order valence-corrected chi connectivity index (χ2v) is 3.39. The van der Waals surface area contributed by atoms with E-state index >= 15 is 0 Å². The van der Waals surface area contributed by atoms with E-state index in [9.17, 15) is 0 Å². The summed E-state index contributed by atoms with van der Waals surface area (Å²) >= 11 is 1.76. The Bertz CT molecular complexity index is 268. The predicted octanol–water partition coefficient (Wildman–Crippen LogP) is 2.86. The molecule has 0 saturated heterocycles. The highest BCUT2D eigenvalue weighted by atomic mass is 32.2. The minimum atomic E-state index is 0.916. The summed E-state index contributed by atoms with van der Waals surface area (Å²) in [5.74, 6) is 1.87. The standard InChI is InChI=1S/C10H9OS/c1-2-4-9(5-3-1)11-10-6-7-12-8-10/h1-7H,8H2. The number of hydrogen-bond acceptors (Lipinski definition) is 2. The van der Waals surface area contributed by atoms with Gasteiger partial charge in [-0.15, -0.1) is 11.8 Å². The van der Waals surface area contributed by atoms with Crippen molar-refractivity contribution < 1.29 is 4.74 Å². The molecule has 0 N–H and O–H groups in total. The number of thioether (sulfide) groups is 1. The lowest BCUT2D eigenvalue weighted by Crippen LogP contribution is -2.02. The maximum atomic E-state index is 5.58. The molecule has 1 aliphatic heterocycles. The largest absolute Gasteiger partial charge is 0.478 e. The first-order chi connectivity index (χ1) is 5.95. The van der Waals surface area contributed by atoms with E-state index in [1.807, 2.05) is 36.4 Å². The smallest absolute Gasteiger partial charge is 0.181 e. The van der Waals surface area contributed by atoms with Gasteiger partial charge in [-0.2, -0.15) is 0 Å². The topological polar surface area (TPSA) is 9.23 Å². The van der Waals surface area contributed by atoms with Crippen molar-refractivity contribution in [2.24, 2.45) is 0 Å². The first kappa shape index (κ1) is 7.74. The zero-order chi connectivity index (χ0) is 8.23. The molecule has 12 heavy (non-hydrogen) atoms. The van der Waals surface area contributed by atoms with E-state index in [1.54, 1.807) is 11.8 Å². The molecule has 0 spiro atoms. The monoisotopic (exact) mass is 177 g/mol. The van der Waals surface area contributed by atoms with Gasteiger partial charge in [0, 0.05) is 5.75 Å². The summed E-state index contributed by atoms with van der Waals surface area (Å²) in [6.45, 7) is 0. The Morgan fingerprint density at radius 2 is 2.00 bits per heavy atom. The Balaban J connectivity index is 1.99. The number of benzene rings is 1. The maximum absolute atomic E-state index is 5.58. The average molecular weight is 177 g/mol. The Morgan fingerprint density at radius 1 is 1.17 bits per heavy atom. The van der Waals surface area contributed by atoms with Gasteiger partial charge in [0.2, 0.25) is 0 Å². The molecule has 0 unspecified atom stereocenters. The van der Waals surface area contributed by atoms with E-state index in [0.717, 1.165) is 17.6 Å². The van der Waals surface area contributed by atoms with Crippen molar-refractivity contribution in [3.05, 3.63) is 47.9 Å². The van der Waals surface area contributed by atoms with E-state index < -0.39 is 0 Å². The lowest BCUT2D eigenvalue weighted by Gasteiger charge is -2.08. The first-order valence-corrected chi connectivity index (χ1v) is 4.87. The third-order valence-corrected chi connectivity index (χ3v) is 2.35. The summed E-state index contributed by atoms with van der Waals surface area (Å²) in [4.78, 5) is 0. The van der Waals surface area contributed by atoms with E-state index in [2.05, 4.69) is 5.41 Å². The fourth-order valence-electron chi connectivity index (χ4n) is 1.01. The molecule has 1 heterocycles. The molecule has 0 aromatic heterocycles. The summed E-state index contributed by atoms with van der Waals surface area (Å²) in [5, 5.41) is 2.05. The van der Waals surface area contributed by atoms with Crippen LogP contribution >= 0.6 is 11.8 Å². The molecule has 0 fully saturated rings. The van der Waals surface area contributed by atoms with E-state index in [1.165, 1.54) is 0 Å². The van der Waals surface area contributed by atoms with Gasteiger partial charge < -0.3 is 4.74 Å². The Morgan fingerprint density at radius 3 is 2.67 bits per heavy atom. The molecule has 0 saturated carbocycles. The molecule has 2 heteroatoms. The van der Waals surface area contributed by atoms with Crippen molar-refractivity contribution in [3.63, 3.8) is 0 Å². The molecule has 61 valence electrons. The highest BCUT2D eigenvalue weighted by Gasteiger charge is 2.12. The van der Waals surface area contributed by atoms with Gasteiger partial charge in [-0.1, -0.05) is 18.2 Å². The van der Waals surface area contributed by atoms with E-state index in [-0.39, 0.29) is 0 Å². The van der Waals surface area contributed by atoms with Gasteiger partial charge in [0.25, 0.3) is 0 Å². The lowest BCUT2D eigenvalue weighted by molar-refractivity contribution is 0.372. The molecule has 1 aromatic rings. The summed E-state index contributed by atoms with van der Waals surface area (Å²) in [5.41, 5.74) is 0. The van der Waals surface area contributed by atoms with Crippen LogP contribution in [0.3, 0.4) is 0 Å². The van der Waals surface area contributed by atoms with Crippen LogP contribution in [0.2, 0.25) is 0 Å². The van der Waals surface area contributed by atoms with Crippen LogP contribution in [-0.4, -0.2) is 5.75 Å². The highest BCUT2D eigenvalue weighted by Crippen LogP contribution is 2.25. The van der Waals surface area contributed by atoms with Gasteiger partial charge in [-0.3, -0.25) is 0 Å². The summed E-state index contributed by atoms with van der Waals surface area (Å²) in [7, 11) is 0. The van der Waals surface area contributed by atoms with Crippen molar-refractivity contribution in [1.29, 1.82) is 0 Å². The third-order valence-electron chi connectivity index (χ3n) is 1.57. The quantitative estimate of drug-likeness (QED) is 0.687. The van der Waals surface area contributed by atoms with Gasteiger partial charge in [-0.25, -0.2) is 0 Å². The van der Waals surface area contributed by atoms with Crippen LogP contribution in [0.4, 0.5) is 0 Å². The van der Waals surface area contributed by atoms with Crippen LogP contribution in [-0.2, 0) is 0 Å². The molecule has 1 aliphatic rings. The van der Waals surface area contributed by atoms with E-state index in [0.29, 0.717) is 0 Å². The maximum Gasteiger partial charge on any atom is 0.181 e. The van der Waals surface area contributed by atoms with Crippen LogP contribution in [0, 0.1) is 6.10 Å². The van der Waals surface area contributed by atoms with Gasteiger partial charge in [-0.05, 0) is 23.6 Å². The first-order valence-electron chi connectivity index (χ1n) is 3.82. The molecular formula is C10H9OS. The normalized spacial score (nSPS) is 16.7. The Labute approximate surface area is 76.4 Å². The SMILES string of the molecule is C1=C[C](Oc2ccccc2)CS1. The van der Waals surface area contributed by atoms with E-state index in [4.69, 9.17) is 4.74 Å². The highest BCUT2D eigenvalue weighted by molar-refractivity contribution is 8.02. The minimum Gasteiger partial charge on any atom is -0.478 e. The molecule has 1 aromatic carbocycles. The fraction of sp³-hybridized carbons (Fsp3) is 0.100. The molecule has 0 bridgehead atoms. The van der Waals surface area contributed by atoms with Crippen molar-refractivity contribution in [2.45, 2.75) is 0 Å². The van der Waals surface area contributed by atoms with Crippen molar-refractivity contribution in [1.82, 2.24) is 0 Å². The summed E-state index contributed by atoms with van der Waals surface area (Å²) in [6, 6.07) is 9.85. The predicted molar refractivity (Wildman–Crippen MR) is 51.9 cm³/mol. The van der Waals surface area contributed by atoms with Crippen LogP contribution in [0.1, 0.15) is 0 Å². The minimum absolute atomic E-state index is 0.916. The number of rotatable bonds is 2. The Hall–Kier alpha value is -0.890.